The summed E-state index contributed by atoms with van der Waals surface area (Å²) in [6.07, 6.45) is 1.50. The van der Waals surface area contributed by atoms with Gasteiger partial charge in [-0.1, -0.05) is 11.6 Å². The van der Waals surface area contributed by atoms with Gasteiger partial charge < -0.3 is 14.5 Å². The Labute approximate surface area is 108 Å². The maximum absolute atomic E-state index is 11.2. The number of hydrogen-bond acceptors (Lipinski definition) is 4. The Hall–Kier alpha value is -2.01. The van der Waals surface area contributed by atoms with Gasteiger partial charge in [0.15, 0.2) is 17.3 Å². The normalized spacial score (nSPS) is 12.8. The van der Waals surface area contributed by atoms with Gasteiger partial charge in [-0.2, -0.15) is 0 Å². The van der Waals surface area contributed by atoms with Crippen LogP contribution in [0.25, 0.3) is 11.4 Å². The average molecular weight is 265 g/mol. The number of nitrogens with one attached hydrogen (secondary N) is 1. The molecular formula is C12H9ClN2O3. The summed E-state index contributed by atoms with van der Waals surface area (Å²) in [6, 6.07) is 3.49. The first kappa shape index (κ1) is 11.1. The molecule has 0 atom stereocenters. The minimum Gasteiger partial charge on any atom is -0.454 e. The second-order valence-corrected chi connectivity index (χ2v) is 4.30. The standard InChI is InChI=1S/C12H9ClN2O3/c1-6(16)9-4-14-12(15-9)7-2-8(13)11-10(3-7)17-5-18-11/h2-4H,5H2,1H3,(H,14,15). The number of carbonyl (C=O) groups is 1. The molecule has 3 rings (SSSR count). The lowest BCUT2D eigenvalue weighted by Crippen LogP contribution is -1.93. The maximum Gasteiger partial charge on any atom is 0.231 e. The van der Waals surface area contributed by atoms with Crippen molar-refractivity contribution >= 4 is 17.4 Å². The highest BCUT2D eigenvalue weighted by Crippen LogP contribution is 2.41. The van der Waals surface area contributed by atoms with Gasteiger partial charge in [0.05, 0.1) is 11.2 Å². The number of imidazole rings is 1. The van der Waals surface area contributed by atoms with E-state index in [2.05, 4.69) is 9.97 Å². The highest BCUT2D eigenvalue weighted by molar-refractivity contribution is 6.32. The van der Waals surface area contributed by atoms with Gasteiger partial charge in [0.25, 0.3) is 0 Å². The van der Waals surface area contributed by atoms with Crippen LogP contribution in [-0.4, -0.2) is 22.5 Å². The van der Waals surface area contributed by atoms with E-state index in [0.29, 0.717) is 28.0 Å². The van der Waals surface area contributed by atoms with Gasteiger partial charge in [-0.3, -0.25) is 4.79 Å². The number of rotatable bonds is 2. The number of aromatic nitrogens is 2. The number of hydrogen-bond donors (Lipinski definition) is 1. The quantitative estimate of drug-likeness (QED) is 0.847. The molecule has 5 nitrogen and oxygen atoms in total. The summed E-state index contributed by atoms with van der Waals surface area (Å²) in [6.45, 7) is 1.64. The van der Waals surface area contributed by atoms with Crippen LogP contribution in [0.4, 0.5) is 0 Å². The molecule has 92 valence electrons. The van der Waals surface area contributed by atoms with Crippen molar-refractivity contribution in [2.24, 2.45) is 0 Å². The number of ketones is 1. The van der Waals surface area contributed by atoms with Crippen molar-refractivity contribution in [3.8, 4) is 22.9 Å². The summed E-state index contributed by atoms with van der Waals surface area (Å²) in [4.78, 5) is 18.3. The molecule has 0 amide bonds. The van der Waals surface area contributed by atoms with Crippen LogP contribution in [0.15, 0.2) is 18.3 Å². The molecule has 0 bridgehead atoms. The number of benzene rings is 1. The fourth-order valence-corrected chi connectivity index (χ4v) is 2.02. The van der Waals surface area contributed by atoms with Crippen LogP contribution in [0.3, 0.4) is 0 Å². The van der Waals surface area contributed by atoms with E-state index >= 15 is 0 Å². The predicted molar refractivity (Wildman–Crippen MR) is 65.2 cm³/mol. The van der Waals surface area contributed by atoms with Crippen molar-refractivity contribution < 1.29 is 14.3 Å². The number of fused-ring (bicyclic) bond motifs is 1. The molecule has 2 heterocycles. The number of halogens is 1. The van der Waals surface area contributed by atoms with Crippen LogP contribution in [0.5, 0.6) is 11.5 Å². The minimum atomic E-state index is -0.0689. The zero-order chi connectivity index (χ0) is 12.7. The molecule has 1 aromatic heterocycles. The third kappa shape index (κ3) is 1.73. The zero-order valence-electron chi connectivity index (χ0n) is 9.49. The molecule has 0 unspecified atom stereocenters. The van der Waals surface area contributed by atoms with Crippen molar-refractivity contribution in [3.05, 3.63) is 29.0 Å². The van der Waals surface area contributed by atoms with E-state index in [1.165, 1.54) is 13.1 Å². The van der Waals surface area contributed by atoms with E-state index in [-0.39, 0.29) is 12.6 Å². The molecule has 0 saturated carbocycles. The smallest absolute Gasteiger partial charge is 0.231 e. The first-order valence-corrected chi connectivity index (χ1v) is 5.68. The lowest BCUT2D eigenvalue weighted by atomic mass is 10.2. The van der Waals surface area contributed by atoms with Gasteiger partial charge in [-0.25, -0.2) is 4.98 Å². The molecule has 18 heavy (non-hydrogen) atoms. The predicted octanol–water partition coefficient (Wildman–Crippen LogP) is 2.66. The Morgan fingerprint density at radius 3 is 3.00 bits per heavy atom. The number of ether oxygens (including phenoxy) is 2. The van der Waals surface area contributed by atoms with Crippen LogP contribution in [0, 0.1) is 0 Å². The molecule has 6 heteroatoms. The second kappa shape index (κ2) is 4.03. The van der Waals surface area contributed by atoms with Gasteiger partial charge in [0.2, 0.25) is 6.79 Å². The number of nitrogens with zero attached hydrogens (tertiary/aromatic N) is 1. The summed E-state index contributed by atoms with van der Waals surface area (Å²) < 4.78 is 10.5. The molecule has 0 spiro atoms. The van der Waals surface area contributed by atoms with E-state index in [9.17, 15) is 4.79 Å². The highest BCUT2D eigenvalue weighted by Gasteiger charge is 2.19. The largest absolute Gasteiger partial charge is 0.454 e. The van der Waals surface area contributed by atoms with E-state index in [1.54, 1.807) is 12.1 Å². The van der Waals surface area contributed by atoms with Crippen LogP contribution >= 0.6 is 11.6 Å². The first-order chi connectivity index (χ1) is 8.65. The third-order valence-corrected chi connectivity index (χ3v) is 2.94. The van der Waals surface area contributed by atoms with Crippen LogP contribution < -0.4 is 9.47 Å². The van der Waals surface area contributed by atoms with Crippen LogP contribution in [-0.2, 0) is 0 Å². The van der Waals surface area contributed by atoms with E-state index in [0.717, 1.165) is 5.56 Å². The van der Waals surface area contributed by atoms with Crippen molar-refractivity contribution in [2.75, 3.05) is 6.79 Å². The molecule has 1 N–H and O–H groups in total. The average Bonchev–Trinajstić information content (AvgIpc) is 2.97. The lowest BCUT2D eigenvalue weighted by Gasteiger charge is -2.02. The van der Waals surface area contributed by atoms with Crippen molar-refractivity contribution in [1.29, 1.82) is 0 Å². The SMILES string of the molecule is CC(=O)c1cnc(-c2cc(Cl)c3c(c2)OCO3)[nH]1. The van der Waals surface area contributed by atoms with Gasteiger partial charge in [-0.15, -0.1) is 0 Å². The Balaban J connectivity index is 2.06. The van der Waals surface area contributed by atoms with Gasteiger partial charge in [0.1, 0.15) is 11.5 Å². The Kier molecular flexibility index (Phi) is 2.48. The number of aromatic amines is 1. The van der Waals surface area contributed by atoms with Crippen molar-refractivity contribution in [2.45, 2.75) is 6.92 Å². The maximum atomic E-state index is 11.2. The van der Waals surface area contributed by atoms with Crippen LogP contribution in [0.1, 0.15) is 17.4 Å². The van der Waals surface area contributed by atoms with Crippen LogP contribution in [0.2, 0.25) is 5.02 Å². The van der Waals surface area contributed by atoms with E-state index in [4.69, 9.17) is 21.1 Å². The van der Waals surface area contributed by atoms with Crippen molar-refractivity contribution in [1.82, 2.24) is 9.97 Å². The molecule has 0 radical (unpaired) electrons. The molecular weight excluding hydrogens is 256 g/mol. The zero-order valence-corrected chi connectivity index (χ0v) is 10.2. The van der Waals surface area contributed by atoms with Gasteiger partial charge in [-0.05, 0) is 12.1 Å². The summed E-state index contributed by atoms with van der Waals surface area (Å²) in [5.41, 5.74) is 1.20. The fraction of sp³-hybridized carbons (Fsp3) is 0.167. The van der Waals surface area contributed by atoms with Gasteiger partial charge in [0, 0.05) is 12.5 Å². The highest BCUT2D eigenvalue weighted by atomic mass is 35.5. The second-order valence-electron chi connectivity index (χ2n) is 3.89. The van der Waals surface area contributed by atoms with Gasteiger partial charge >= 0.3 is 0 Å². The molecule has 0 fully saturated rings. The number of H-pyrrole nitrogens is 1. The molecule has 1 aliphatic heterocycles. The van der Waals surface area contributed by atoms with Crippen molar-refractivity contribution in [3.63, 3.8) is 0 Å². The molecule has 1 aliphatic rings. The molecule has 0 aliphatic carbocycles. The topological polar surface area (TPSA) is 64.2 Å². The Bertz CT molecular complexity index is 636. The first-order valence-electron chi connectivity index (χ1n) is 5.30. The number of Topliss-reactive ketones (excluding diaryl/α,β-unsaturated/α-hetero) is 1. The molecule has 0 saturated heterocycles. The van der Waals surface area contributed by atoms with E-state index < -0.39 is 0 Å². The minimum absolute atomic E-state index is 0.0689. The summed E-state index contributed by atoms with van der Waals surface area (Å²) in [5.74, 6) is 1.62. The Morgan fingerprint density at radius 1 is 1.44 bits per heavy atom. The summed E-state index contributed by atoms with van der Waals surface area (Å²) in [7, 11) is 0. The fourth-order valence-electron chi connectivity index (χ4n) is 1.75. The Morgan fingerprint density at radius 2 is 2.28 bits per heavy atom. The number of carbonyl (C=O) groups excluding carboxylic acids is 1. The molecule has 1 aromatic carbocycles. The third-order valence-electron chi connectivity index (χ3n) is 2.66. The lowest BCUT2D eigenvalue weighted by molar-refractivity contribution is 0.101. The summed E-state index contributed by atoms with van der Waals surface area (Å²) >= 11 is 6.08. The summed E-state index contributed by atoms with van der Waals surface area (Å²) in [5, 5.41) is 0.459. The monoisotopic (exact) mass is 264 g/mol. The van der Waals surface area contributed by atoms with E-state index in [1.807, 2.05) is 0 Å². The molecule has 2 aromatic rings.